The minimum absolute atomic E-state index is 0.255. The summed E-state index contributed by atoms with van der Waals surface area (Å²) in [5.74, 6) is 1.00. The molecule has 1 unspecified atom stereocenters. The Bertz CT molecular complexity index is 1090. The first-order valence-electron chi connectivity index (χ1n) is 8.63. The highest BCUT2D eigenvalue weighted by Crippen LogP contribution is 2.54. The third-order valence-electron chi connectivity index (χ3n) is 5.76. The van der Waals surface area contributed by atoms with Crippen LogP contribution >= 0.6 is 0 Å². The molecule has 0 radical (unpaired) electrons. The number of aromatic nitrogens is 1. The van der Waals surface area contributed by atoms with Crippen LogP contribution in [0.25, 0.3) is 10.9 Å². The van der Waals surface area contributed by atoms with Crippen molar-refractivity contribution >= 4 is 28.5 Å². The van der Waals surface area contributed by atoms with Crippen LogP contribution < -0.4 is 9.64 Å². The zero-order chi connectivity index (χ0) is 18.1. The van der Waals surface area contributed by atoms with E-state index in [1.165, 1.54) is 0 Å². The van der Waals surface area contributed by atoms with Crippen molar-refractivity contribution in [3.8, 4) is 11.5 Å². The fraction of sp³-hybridized carbons (Fsp3) is 0.238. The highest BCUT2D eigenvalue weighted by Gasteiger charge is 2.58. The first-order valence-corrected chi connectivity index (χ1v) is 8.63. The second-order valence-corrected chi connectivity index (χ2v) is 7.43. The molecule has 26 heavy (non-hydrogen) atoms. The van der Waals surface area contributed by atoms with Crippen molar-refractivity contribution in [1.82, 2.24) is 4.98 Å². The Kier molecular flexibility index (Phi) is 2.78. The molecular formula is C21H19N3O2. The average molecular weight is 345 g/mol. The number of anilines is 1. The Balaban J connectivity index is 1.74. The summed E-state index contributed by atoms with van der Waals surface area (Å²) in [6, 6.07) is 13.3. The van der Waals surface area contributed by atoms with Crippen molar-refractivity contribution in [3.63, 3.8) is 0 Å². The lowest BCUT2D eigenvalue weighted by Crippen LogP contribution is -2.61. The van der Waals surface area contributed by atoms with E-state index >= 15 is 0 Å². The maximum atomic E-state index is 10.00. The molecule has 1 atom stereocenters. The number of rotatable bonds is 0. The van der Waals surface area contributed by atoms with Crippen LogP contribution in [0.3, 0.4) is 0 Å². The number of hydrogen-bond donors (Lipinski definition) is 1. The van der Waals surface area contributed by atoms with Crippen LogP contribution in [0.2, 0.25) is 0 Å². The molecule has 0 bridgehead atoms. The molecule has 5 heteroatoms. The lowest BCUT2D eigenvalue weighted by molar-refractivity contribution is 0.0841. The number of hydrogen-bond acceptors (Lipinski definition) is 5. The maximum Gasteiger partial charge on any atom is 0.228 e. The van der Waals surface area contributed by atoms with Gasteiger partial charge < -0.3 is 14.7 Å². The van der Waals surface area contributed by atoms with Crippen LogP contribution in [0.1, 0.15) is 19.4 Å². The van der Waals surface area contributed by atoms with E-state index in [-0.39, 0.29) is 5.75 Å². The van der Waals surface area contributed by atoms with Gasteiger partial charge in [0.05, 0.1) is 17.1 Å². The van der Waals surface area contributed by atoms with E-state index in [9.17, 15) is 5.11 Å². The number of benzene rings is 2. The SMILES string of the molecule is CN1c2ccc(O)cc2C(C)(C)C12C=Nc1ccc3ncccc3c1O2. The molecule has 1 N–H and O–H groups in total. The molecule has 5 rings (SSSR count). The van der Waals surface area contributed by atoms with E-state index in [4.69, 9.17) is 9.73 Å². The van der Waals surface area contributed by atoms with Gasteiger partial charge in [0.2, 0.25) is 5.72 Å². The van der Waals surface area contributed by atoms with E-state index in [2.05, 4.69) is 23.7 Å². The van der Waals surface area contributed by atoms with E-state index < -0.39 is 11.1 Å². The number of pyridine rings is 1. The Morgan fingerprint density at radius 3 is 2.81 bits per heavy atom. The molecule has 3 aromatic rings. The fourth-order valence-electron chi connectivity index (χ4n) is 4.21. The Labute approximate surface area is 151 Å². The smallest absolute Gasteiger partial charge is 0.228 e. The molecule has 5 nitrogen and oxygen atoms in total. The molecule has 0 saturated heterocycles. The normalized spacial score (nSPS) is 22.3. The molecule has 2 aliphatic rings. The van der Waals surface area contributed by atoms with Crippen molar-refractivity contribution in [2.75, 3.05) is 11.9 Å². The molecule has 2 aromatic carbocycles. The lowest BCUT2D eigenvalue weighted by Gasteiger charge is -2.45. The summed E-state index contributed by atoms with van der Waals surface area (Å²) in [6.45, 7) is 4.24. The Morgan fingerprint density at radius 1 is 1.12 bits per heavy atom. The molecule has 130 valence electrons. The number of nitrogens with zero attached hydrogens (tertiary/aromatic N) is 3. The number of phenols is 1. The first-order chi connectivity index (χ1) is 12.4. The largest absolute Gasteiger partial charge is 0.508 e. The van der Waals surface area contributed by atoms with Gasteiger partial charge in [-0.2, -0.15) is 0 Å². The van der Waals surface area contributed by atoms with Gasteiger partial charge in [-0.1, -0.05) is 0 Å². The third-order valence-corrected chi connectivity index (χ3v) is 5.76. The molecule has 0 amide bonds. The van der Waals surface area contributed by atoms with Crippen molar-refractivity contribution in [3.05, 3.63) is 54.2 Å². The van der Waals surface area contributed by atoms with Crippen LogP contribution in [0.4, 0.5) is 11.4 Å². The van der Waals surface area contributed by atoms with Gasteiger partial charge in [0.15, 0.2) is 5.75 Å². The van der Waals surface area contributed by atoms with Crippen LogP contribution in [0, 0.1) is 0 Å². The van der Waals surface area contributed by atoms with Gasteiger partial charge in [0, 0.05) is 24.3 Å². The van der Waals surface area contributed by atoms with E-state index in [0.29, 0.717) is 0 Å². The molecule has 1 spiro atoms. The molecule has 0 fully saturated rings. The summed E-state index contributed by atoms with van der Waals surface area (Å²) in [5, 5.41) is 10.9. The highest BCUT2D eigenvalue weighted by molar-refractivity contribution is 5.95. The summed E-state index contributed by atoms with van der Waals surface area (Å²) in [4.78, 5) is 11.3. The molecule has 2 aliphatic heterocycles. The van der Waals surface area contributed by atoms with Gasteiger partial charge in [0.1, 0.15) is 11.4 Å². The average Bonchev–Trinajstić information content (AvgIpc) is 2.80. The monoisotopic (exact) mass is 345 g/mol. The summed E-state index contributed by atoms with van der Waals surface area (Å²) in [5.41, 5.74) is 2.56. The predicted molar refractivity (Wildman–Crippen MR) is 103 cm³/mol. The van der Waals surface area contributed by atoms with Crippen LogP contribution in [-0.4, -0.2) is 29.1 Å². The van der Waals surface area contributed by atoms with Crippen LogP contribution in [0.15, 0.2) is 53.7 Å². The minimum atomic E-state index is -0.778. The third kappa shape index (κ3) is 1.70. The number of likely N-dealkylation sites (N-methyl/N-ethyl adjacent to an activating group) is 1. The second-order valence-electron chi connectivity index (χ2n) is 7.43. The van der Waals surface area contributed by atoms with Crippen molar-refractivity contribution in [2.24, 2.45) is 4.99 Å². The van der Waals surface area contributed by atoms with Crippen molar-refractivity contribution in [2.45, 2.75) is 25.0 Å². The molecule has 0 aliphatic carbocycles. The summed E-state index contributed by atoms with van der Waals surface area (Å²) in [6.07, 6.45) is 3.66. The second kappa shape index (κ2) is 4.75. The number of phenolic OH excluding ortho intramolecular Hbond substituents is 1. The molecular weight excluding hydrogens is 326 g/mol. The van der Waals surface area contributed by atoms with Crippen LogP contribution in [0.5, 0.6) is 11.5 Å². The quantitative estimate of drug-likeness (QED) is 0.665. The standard InChI is InChI=1S/C21H19N3O2/c1-20(2)15-11-13(25)6-9-18(15)24(3)21(20)12-23-17-8-7-16-14(19(17)26-21)5-4-10-22-16/h4-12,25H,1-3H3. The highest BCUT2D eigenvalue weighted by atomic mass is 16.5. The first kappa shape index (κ1) is 15.2. The van der Waals surface area contributed by atoms with E-state index in [0.717, 1.165) is 33.6 Å². The maximum absolute atomic E-state index is 10.00. The summed E-state index contributed by atoms with van der Waals surface area (Å²) in [7, 11) is 2.00. The molecule has 0 saturated carbocycles. The van der Waals surface area contributed by atoms with Gasteiger partial charge in [0.25, 0.3) is 0 Å². The Hall–Kier alpha value is -3.08. The topological polar surface area (TPSA) is 58.0 Å². The number of ether oxygens (including phenoxy) is 1. The molecule has 3 heterocycles. The number of aliphatic imine (C=N–C) groups is 1. The fourth-order valence-corrected chi connectivity index (χ4v) is 4.21. The van der Waals surface area contributed by atoms with Gasteiger partial charge in [-0.15, -0.1) is 0 Å². The van der Waals surface area contributed by atoms with E-state index in [1.54, 1.807) is 12.3 Å². The Morgan fingerprint density at radius 2 is 1.96 bits per heavy atom. The van der Waals surface area contributed by atoms with Gasteiger partial charge in [-0.3, -0.25) is 9.98 Å². The predicted octanol–water partition coefficient (Wildman–Crippen LogP) is 4.16. The zero-order valence-electron chi connectivity index (χ0n) is 14.9. The minimum Gasteiger partial charge on any atom is -0.508 e. The lowest BCUT2D eigenvalue weighted by atomic mass is 9.77. The van der Waals surface area contributed by atoms with Crippen molar-refractivity contribution < 1.29 is 9.84 Å². The zero-order valence-corrected chi connectivity index (χ0v) is 14.9. The van der Waals surface area contributed by atoms with Gasteiger partial charge in [-0.25, -0.2) is 0 Å². The number of aromatic hydroxyl groups is 1. The van der Waals surface area contributed by atoms with E-state index in [1.807, 2.05) is 49.7 Å². The van der Waals surface area contributed by atoms with Gasteiger partial charge in [-0.05, 0) is 61.9 Å². The summed E-state index contributed by atoms with van der Waals surface area (Å²) >= 11 is 0. The number of fused-ring (bicyclic) bond motifs is 4. The van der Waals surface area contributed by atoms with Gasteiger partial charge >= 0.3 is 0 Å². The van der Waals surface area contributed by atoms with Crippen LogP contribution in [-0.2, 0) is 5.41 Å². The summed E-state index contributed by atoms with van der Waals surface area (Å²) < 4.78 is 6.70. The van der Waals surface area contributed by atoms with Crippen molar-refractivity contribution in [1.29, 1.82) is 0 Å². The molecule has 1 aromatic heterocycles.